The molecule has 0 fully saturated rings. The Hall–Kier alpha value is -4.05. The molecule has 0 bridgehead atoms. The van der Waals surface area contributed by atoms with Crippen molar-refractivity contribution in [2.45, 2.75) is 13.2 Å². The van der Waals surface area contributed by atoms with E-state index in [9.17, 15) is 4.79 Å². The second kappa shape index (κ2) is 8.36. The number of rotatable bonds is 6. The quantitative estimate of drug-likeness (QED) is 0.375. The Bertz CT molecular complexity index is 1350. The van der Waals surface area contributed by atoms with Gasteiger partial charge in [0.2, 0.25) is 5.91 Å². The van der Waals surface area contributed by atoms with Crippen LogP contribution in [0.4, 0.5) is 5.69 Å². The summed E-state index contributed by atoms with van der Waals surface area (Å²) in [6.07, 6.45) is 1.93. The molecule has 0 atom stereocenters. The first-order chi connectivity index (χ1) is 15.3. The van der Waals surface area contributed by atoms with Crippen LogP contribution < -0.4 is 10.1 Å². The summed E-state index contributed by atoms with van der Waals surface area (Å²) in [5.41, 5.74) is 2.92. The molecule has 5 rings (SSSR count). The lowest BCUT2D eigenvalue weighted by atomic mass is 10.1. The maximum absolute atomic E-state index is 12.8. The molecule has 0 spiro atoms. The number of fused-ring (bicyclic) bond motifs is 2. The first kappa shape index (κ1) is 18.9. The molecular weight excluding hydrogens is 384 g/mol. The van der Waals surface area contributed by atoms with Crippen LogP contribution in [0.1, 0.15) is 5.56 Å². The summed E-state index contributed by atoms with van der Waals surface area (Å²) in [6.45, 7) is 0.738. The summed E-state index contributed by atoms with van der Waals surface area (Å²) in [4.78, 5) is 12.8. The molecule has 0 saturated carbocycles. The van der Waals surface area contributed by atoms with E-state index in [0.29, 0.717) is 6.61 Å². The van der Waals surface area contributed by atoms with Gasteiger partial charge in [-0.1, -0.05) is 72.8 Å². The fourth-order valence-electron chi connectivity index (χ4n) is 3.87. The molecule has 31 heavy (non-hydrogen) atoms. The van der Waals surface area contributed by atoms with E-state index in [1.807, 2.05) is 108 Å². The van der Waals surface area contributed by atoms with Crippen molar-refractivity contribution >= 4 is 33.3 Å². The maximum atomic E-state index is 12.8. The summed E-state index contributed by atoms with van der Waals surface area (Å²) in [7, 11) is 0. The highest BCUT2D eigenvalue weighted by Gasteiger charge is 2.11. The lowest BCUT2D eigenvalue weighted by Gasteiger charge is -2.11. The van der Waals surface area contributed by atoms with E-state index in [1.54, 1.807) is 0 Å². The first-order valence-corrected chi connectivity index (χ1v) is 10.3. The van der Waals surface area contributed by atoms with Gasteiger partial charge in [-0.25, -0.2) is 0 Å². The monoisotopic (exact) mass is 406 g/mol. The van der Waals surface area contributed by atoms with E-state index in [0.717, 1.165) is 38.7 Å². The first-order valence-electron chi connectivity index (χ1n) is 10.3. The van der Waals surface area contributed by atoms with Crippen molar-refractivity contribution in [3.63, 3.8) is 0 Å². The number of aromatic nitrogens is 1. The Morgan fingerprint density at radius 2 is 1.55 bits per heavy atom. The lowest BCUT2D eigenvalue weighted by molar-refractivity contribution is -0.116. The molecule has 1 aromatic heterocycles. The Morgan fingerprint density at radius 1 is 0.774 bits per heavy atom. The number of nitrogens with zero attached hydrogens (tertiary/aromatic N) is 1. The normalized spacial score (nSPS) is 11.0. The van der Waals surface area contributed by atoms with E-state index in [4.69, 9.17) is 4.74 Å². The van der Waals surface area contributed by atoms with E-state index in [1.165, 1.54) is 0 Å². The zero-order valence-corrected chi connectivity index (χ0v) is 17.0. The number of ether oxygens (including phenoxy) is 1. The van der Waals surface area contributed by atoms with Crippen molar-refractivity contribution in [1.82, 2.24) is 4.57 Å². The SMILES string of the molecule is O=C(Cn1ccc2c(OCc3ccccc3)cccc21)Nc1cccc2ccccc12. The van der Waals surface area contributed by atoms with Crippen LogP contribution in [0.3, 0.4) is 0 Å². The molecular formula is C27H22N2O2. The minimum atomic E-state index is -0.0653. The van der Waals surface area contributed by atoms with Gasteiger partial charge in [0.1, 0.15) is 18.9 Å². The van der Waals surface area contributed by atoms with Crippen LogP contribution in [0, 0.1) is 0 Å². The number of benzene rings is 4. The highest BCUT2D eigenvalue weighted by molar-refractivity contribution is 6.02. The van der Waals surface area contributed by atoms with Gasteiger partial charge in [0.25, 0.3) is 0 Å². The largest absolute Gasteiger partial charge is 0.488 e. The average Bonchev–Trinajstić information content (AvgIpc) is 3.22. The molecule has 152 valence electrons. The molecule has 0 unspecified atom stereocenters. The lowest BCUT2D eigenvalue weighted by Crippen LogP contribution is -2.18. The Kier molecular flexibility index (Phi) is 5.11. The summed E-state index contributed by atoms with van der Waals surface area (Å²) >= 11 is 0. The third-order valence-corrected chi connectivity index (χ3v) is 5.39. The van der Waals surface area contributed by atoms with Crippen LogP contribution in [0.25, 0.3) is 21.7 Å². The summed E-state index contributed by atoms with van der Waals surface area (Å²) in [5, 5.41) is 6.19. The van der Waals surface area contributed by atoms with Crippen LogP contribution in [0.2, 0.25) is 0 Å². The van der Waals surface area contributed by atoms with Gasteiger partial charge in [0.05, 0.1) is 5.52 Å². The van der Waals surface area contributed by atoms with Crippen LogP contribution in [0.15, 0.2) is 103 Å². The van der Waals surface area contributed by atoms with Crippen molar-refractivity contribution < 1.29 is 9.53 Å². The van der Waals surface area contributed by atoms with Gasteiger partial charge in [-0.15, -0.1) is 0 Å². The zero-order valence-electron chi connectivity index (χ0n) is 17.0. The Labute approximate surface area is 180 Å². The smallest absolute Gasteiger partial charge is 0.244 e. The molecule has 4 aromatic carbocycles. The molecule has 4 heteroatoms. The summed E-state index contributed by atoms with van der Waals surface area (Å²) in [5.74, 6) is 0.749. The third-order valence-electron chi connectivity index (χ3n) is 5.39. The summed E-state index contributed by atoms with van der Waals surface area (Å²) < 4.78 is 8.00. The second-order valence-electron chi connectivity index (χ2n) is 7.48. The molecule has 1 heterocycles. The average molecular weight is 406 g/mol. The summed E-state index contributed by atoms with van der Waals surface area (Å²) in [6, 6.07) is 32.0. The van der Waals surface area contributed by atoms with Crippen molar-refractivity contribution in [2.24, 2.45) is 0 Å². The predicted molar refractivity (Wildman–Crippen MR) is 125 cm³/mol. The predicted octanol–water partition coefficient (Wildman–Crippen LogP) is 6.01. The standard InChI is InChI=1S/C27H22N2O2/c30-27(28-24-13-6-11-21-10-4-5-12-22(21)24)18-29-17-16-23-25(29)14-7-15-26(23)31-19-20-8-2-1-3-9-20/h1-17H,18-19H2,(H,28,30). The molecule has 5 aromatic rings. The van der Waals surface area contributed by atoms with Gasteiger partial charge >= 0.3 is 0 Å². The van der Waals surface area contributed by atoms with E-state index in [-0.39, 0.29) is 12.5 Å². The highest BCUT2D eigenvalue weighted by atomic mass is 16.5. The van der Waals surface area contributed by atoms with E-state index < -0.39 is 0 Å². The van der Waals surface area contributed by atoms with Gasteiger partial charge in [-0.05, 0) is 35.2 Å². The van der Waals surface area contributed by atoms with Gasteiger partial charge in [0.15, 0.2) is 0 Å². The second-order valence-corrected chi connectivity index (χ2v) is 7.48. The number of anilines is 1. The van der Waals surface area contributed by atoms with E-state index in [2.05, 4.69) is 5.32 Å². The number of amides is 1. The number of carbonyl (C=O) groups is 1. The highest BCUT2D eigenvalue weighted by Crippen LogP contribution is 2.28. The van der Waals surface area contributed by atoms with E-state index >= 15 is 0 Å². The number of hydrogen-bond donors (Lipinski definition) is 1. The minimum absolute atomic E-state index is 0.0653. The minimum Gasteiger partial charge on any atom is -0.488 e. The molecule has 0 radical (unpaired) electrons. The number of carbonyl (C=O) groups excluding carboxylic acids is 1. The third kappa shape index (κ3) is 4.01. The molecule has 0 aliphatic carbocycles. The van der Waals surface area contributed by atoms with Crippen molar-refractivity contribution in [3.05, 3.63) is 109 Å². The topological polar surface area (TPSA) is 43.3 Å². The molecule has 1 amide bonds. The number of hydrogen-bond acceptors (Lipinski definition) is 2. The number of nitrogens with one attached hydrogen (secondary N) is 1. The van der Waals surface area contributed by atoms with Crippen LogP contribution in [0.5, 0.6) is 5.75 Å². The van der Waals surface area contributed by atoms with Crippen LogP contribution in [-0.2, 0) is 17.9 Å². The zero-order chi connectivity index (χ0) is 21.0. The molecule has 1 N–H and O–H groups in total. The molecule has 4 nitrogen and oxygen atoms in total. The van der Waals surface area contributed by atoms with Crippen LogP contribution >= 0.6 is 0 Å². The van der Waals surface area contributed by atoms with Gasteiger partial charge in [-0.2, -0.15) is 0 Å². The fraction of sp³-hybridized carbons (Fsp3) is 0.0741. The molecule has 0 aliphatic rings. The van der Waals surface area contributed by atoms with Gasteiger partial charge < -0.3 is 14.6 Å². The Morgan fingerprint density at radius 3 is 2.45 bits per heavy atom. The van der Waals surface area contributed by atoms with Crippen molar-refractivity contribution in [2.75, 3.05) is 5.32 Å². The Balaban J connectivity index is 1.34. The maximum Gasteiger partial charge on any atom is 0.244 e. The van der Waals surface area contributed by atoms with Crippen molar-refractivity contribution in [1.29, 1.82) is 0 Å². The van der Waals surface area contributed by atoms with Gasteiger partial charge in [0, 0.05) is 22.7 Å². The van der Waals surface area contributed by atoms with Crippen LogP contribution in [-0.4, -0.2) is 10.5 Å². The molecule has 0 saturated heterocycles. The van der Waals surface area contributed by atoms with Gasteiger partial charge in [-0.3, -0.25) is 4.79 Å². The van der Waals surface area contributed by atoms with Crippen molar-refractivity contribution in [3.8, 4) is 5.75 Å². The molecule has 0 aliphatic heterocycles. The fourth-order valence-corrected chi connectivity index (χ4v) is 3.87.